The summed E-state index contributed by atoms with van der Waals surface area (Å²) in [5.74, 6) is -1.40. The summed E-state index contributed by atoms with van der Waals surface area (Å²) in [6.45, 7) is 23.0. The van der Waals surface area contributed by atoms with Crippen LogP contribution in [0.25, 0.3) is 72.7 Å². The van der Waals surface area contributed by atoms with Crippen LogP contribution >= 0.6 is 0 Å². The zero-order valence-corrected chi connectivity index (χ0v) is 42.5. The summed E-state index contributed by atoms with van der Waals surface area (Å²) in [6.07, 6.45) is -0.603. The number of benzene rings is 6. The zero-order valence-electron chi connectivity index (χ0n) is 52.2. The second-order valence-electron chi connectivity index (χ2n) is 20.5. The molecule has 0 unspecified atom stereocenters. The Morgan fingerprint density at radius 3 is 1.86 bits per heavy atom. The third-order valence-electron chi connectivity index (χ3n) is 12.0. The van der Waals surface area contributed by atoms with Crippen LogP contribution in [0.4, 0.5) is 0 Å². The van der Waals surface area contributed by atoms with Crippen molar-refractivity contribution in [3.05, 3.63) is 167 Å². The van der Waals surface area contributed by atoms with E-state index in [4.69, 9.17) is 20.1 Å². The number of phenols is 1. The van der Waals surface area contributed by atoms with Crippen LogP contribution in [-0.4, -0.2) is 19.6 Å². The Morgan fingerprint density at radius 2 is 1.27 bits per heavy atom. The molecule has 0 bridgehead atoms. The van der Waals surface area contributed by atoms with Crippen molar-refractivity contribution < 1.29 is 42.6 Å². The predicted molar refractivity (Wildman–Crippen MR) is 276 cm³/mol. The number of rotatable bonds is 8. The van der Waals surface area contributed by atoms with Gasteiger partial charge in [0.05, 0.1) is 26.2 Å². The molecule has 0 atom stereocenters. The molecule has 0 aliphatic rings. The summed E-state index contributed by atoms with van der Waals surface area (Å²) in [5, 5.41) is 12.5. The summed E-state index contributed by atoms with van der Waals surface area (Å²) in [6, 6.07) is 26.6. The Balaban J connectivity index is 0.00000882. The molecule has 8 rings (SSSR count). The molecular formula is C61H66N3OPt-. The maximum absolute atomic E-state index is 12.5. The Labute approximate surface area is 425 Å². The standard InChI is InChI=1S/C61H66N3O.Pt/c1-37(2)48-17-15-18-49(38(3)4)55(48)41-25-27-47(28-26-41)64-54-20-16-19-50(56(54)63-58(64)51-35-46(60(9,10)11)36-52(57(51)65)61(12,13)14)43-31-44(33-45(32-43)59(6,7)8)53-34-42(29-30-62-53)40-23-21-39(5)22-24-40;/h15-30,32-38,65H,1-14H3;/q-1;/i5D3,21D,22D,23D,24D,29D,30D,34D,37D,38D;. The summed E-state index contributed by atoms with van der Waals surface area (Å²) in [5.41, 5.74) is 6.51. The van der Waals surface area contributed by atoms with Crippen molar-refractivity contribution in [2.45, 2.75) is 125 Å². The smallest absolute Gasteiger partial charge is 0.148 e. The molecule has 0 spiro atoms. The van der Waals surface area contributed by atoms with E-state index in [1.54, 1.807) is 6.07 Å². The minimum atomic E-state index is -2.98. The fourth-order valence-electron chi connectivity index (χ4n) is 8.33. The van der Waals surface area contributed by atoms with Gasteiger partial charge in [0.1, 0.15) is 11.6 Å². The van der Waals surface area contributed by atoms with Crippen LogP contribution in [0.15, 0.2) is 127 Å². The number of phenolic OH excluding ortho intramolecular Hbond substituents is 1. The molecule has 4 nitrogen and oxygen atoms in total. The monoisotopic (exact) mass is 1060 g/mol. The van der Waals surface area contributed by atoms with Gasteiger partial charge in [0.15, 0.2) is 0 Å². The normalized spacial score (nSPS) is 15.4. The van der Waals surface area contributed by atoms with Crippen molar-refractivity contribution in [2.75, 3.05) is 0 Å². The first-order valence-electron chi connectivity index (χ1n) is 28.2. The van der Waals surface area contributed by atoms with Gasteiger partial charge in [0.2, 0.25) is 0 Å². The summed E-state index contributed by atoms with van der Waals surface area (Å²) < 4.78 is 106. The second kappa shape index (κ2) is 18.3. The zero-order chi connectivity index (χ0) is 57.2. The summed E-state index contributed by atoms with van der Waals surface area (Å²) in [7, 11) is 0. The molecule has 2 heterocycles. The van der Waals surface area contributed by atoms with E-state index in [0.29, 0.717) is 33.5 Å². The molecule has 0 amide bonds. The molecule has 66 heavy (non-hydrogen) atoms. The van der Waals surface area contributed by atoms with E-state index in [-0.39, 0.29) is 43.5 Å². The van der Waals surface area contributed by atoms with Crippen molar-refractivity contribution in [3.8, 4) is 67.5 Å². The Hall–Kier alpha value is -5.57. The molecule has 342 valence electrons. The molecule has 0 aliphatic carbocycles. The largest absolute Gasteiger partial charge is 0.507 e. The van der Waals surface area contributed by atoms with Crippen molar-refractivity contribution >= 4 is 11.0 Å². The van der Waals surface area contributed by atoms with Gasteiger partial charge >= 0.3 is 0 Å². The Morgan fingerprint density at radius 1 is 0.667 bits per heavy atom. The van der Waals surface area contributed by atoms with Gasteiger partial charge in [-0.2, -0.15) is 0 Å². The quantitative estimate of drug-likeness (QED) is 0.154. The molecule has 0 saturated carbocycles. The van der Waals surface area contributed by atoms with Crippen molar-refractivity contribution in [3.63, 3.8) is 0 Å². The van der Waals surface area contributed by atoms with Crippen LogP contribution in [0, 0.1) is 12.9 Å². The van der Waals surface area contributed by atoms with Crippen LogP contribution in [-0.2, 0) is 37.3 Å². The molecule has 0 radical (unpaired) electrons. The summed E-state index contributed by atoms with van der Waals surface area (Å²) >= 11 is 0. The minimum Gasteiger partial charge on any atom is -0.507 e. The topological polar surface area (TPSA) is 50.9 Å². The van der Waals surface area contributed by atoms with E-state index in [9.17, 15) is 6.48 Å². The first-order valence-corrected chi connectivity index (χ1v) is 22.2. The van der Waals surface area contributed by atoms with Gasteiger partial charge < -0.3 is 5.11 Å². The maximum Gasteiger partial charge on any atom is 0.148 e. The third kappa shape index (κ3) is 9.50. The molecule has 1 N–H and O–H groups in total. The number of hydrogen-bond acceptors (Lipinski definition) is 3. The number of hydrogen-bond donors (Lipinski definition) is 1. The van der Waals surface area contributed by atoms with Gasteiger partial charge in [-0.05, 0) is 104 Å². The first kappa shape index (κ1) is 34.7. The number of nitrogens with zero attached hydrogens (tertiary/aromatic N) is 3. The number of aromatic nitrogens is 3. The number of para-hydroxylation sites is 1. The molecule has 0 saturated heterocycles. The van der Waals surface area contributed by atoms with E-state index in [0.717, 1.165) is 44.6 Å². The van der Waals surface area contributed by atoms with E-state index >= 15 is 0 Å². The van der Waals surface area contributed by atoms with Gasteiger partial charge in [-0.15, -0.1) is 29.3 Å². The second-order valence-corrected chi connectivity index (χ2v) is 20.5. The molecule has 5 heteroatoms. The van der Waals surface area contributed by atoms with Crippen molar-refractivity contribution in [1.82, 2.24) is 14.5 Å². The fraction of sp³-hybridized carbons (Fsp3) is 0.311. The summed E-state index contributed by atoms with van der Waals surface area (Å²) in [4.78, 5) is 9.90. The molecule has 8 aromatic rings. The van der Waals surface area contributed by atoms with E-state index in [2.05, 4.69) is 58.7 Å². The Bertz CT molecular complexity index is 3620. The van der Waals surface area contributed by atoms with E-state index in [1.165, 1.54) is 0 Å². The van der Waals surface area contributed by atoms with Gasteiger partial charge in [-0.1, -0.05) is 185 Å². The first-order chi connectivity index (χ1) is 35.3. The van der Waals surface area contributed by atoms with Gasteiger partial charge in [0.25, 0.3) is 0 Å². The molecular weight excluding hydrogens is 986 g/mol. The SMILES string of the molecule is [2H]c1nc(-c2[c-]c(-c3cccc4c3nc(-c3cc(C(C)(C)C)cc(C(C)(C)C)c3O)n4-c3ccc(-c4c(C([2H])(C)C)cccc4C([2H])(C)C)cc3)cc(C(C)(C)C)c2)c([2H])c(-c2c([2H])c([2H])c(C([2H])([2H])[2H])c([2H])c2[2H])c1[2H].[Pt]. The van der Waals surface area contributed by atoms with Gasteiger partial charge in [0, 0.05) is 51.0 Å². The molecule has 6 aromatic carbocycles. The number of pyridine rings is 1. The van der Waals surface area contributed by atoms with E-state index < -0.39 is 88.6 Å². The van der Waals surface area contributed by atoms with Crippen LogP contribution in [0.5, 0.6) is 5.75 Å². The van der Waals surface area contributed by atoms with Crippen molar-refractivity contribution in [2.24, 2.45) is 0 Å². The third-order valence-corrected chi connectivity index (χ3v) is 12.0. The van der Waals surface area contributed by atoms with E-state index in [1.807, 2.05) is 126 Å². The fourth-order valence-corrected chi connectivity index (χ4v) is 8.33. The molecule has 2 aromatic heterocycles. The Kier molecular flexibility index (Phi) is 9.60. The number of fused-ring (bicyclic) bond motifs is 1. The number of imidazole rings is 1. The van der Waals surface area contributed by atoms with Gasteiger partial charge in [-0.3, -0.25) is 9.55 Å². The maximum atomic E-state index is 12.5. The number of aromatic hydroxyl groups is 1. The molecule has 0 aliphatic heterocycles. The molecule has 0 fully saturated rings. The average molecular weight is 1060 g/mol. The van der Waals surface area contributed by atoms with Crippen molar-refractivity contribution in [1.29, 1.82) is 0 Å². The van der Waals surface area contributed by atoms with Crippen LogP contribution in [0.3, 0.4) is 0 Å². The van der Waals surface area contributed by atoms with Crippen LogP contribution < -0.4 is 0 Å². The predicted octanol–water partition coefficient (Wildman–Crippen LogP) is 16.7. The van der Waals surface area contributed by atoms with Gasteiger partial charge in [-0.25, -0.2) is 4.98 Å². The van der Waals surface area contributed by atoms with Crippen LogP contribution in [0.2, 0.25) is 0 Å². The van der Waals surface area contributed by atoms with Crippen LogP contribution in [0.1, 0.15) is 152 Å². The minimum absolute atomic E-state index is 0. The average Bonchev–Trinajstić information content (AvgIpc) is 3.77.